The quantitative estimate of drug-likeness (QED) is 0.668. The van der Waals surface area contributed by atoms with Crippen molar-refractivity contribution in [2.24, 2.45) is 0 Å². The van der Waals surface area contributed by atoms with Crippen LogP contribution in [0.3, 0.4) is 0 Å². The van der Waals surface area contributed by atoms with Gasteiger partial charge in [-0.15, -0.1) is 0 Å². The molecule has 1 amide bonds. The summed E-state index contributed by atoms with van der Waals surface area (Å²) in [6.45, 7) is 3.60. The van der Waals surface area contributed by atoms with Gasteiger partial charge in [-0.2, -0.15) is 0 Å². The molecular weight excluding hydrogens is 360 g/mol. The Hall–Kier alpha value is -2.44. The molecule has 0 fully saturated rings. The lowest BCUT2D eigenvalue weighted by Crippen LogP contribution is -2.11. The molecular formula is C18H15ClN2O3S. The Bertz CT molecular complexity index is 935. The molecule has 1 N–H and O–H groups in total. The Morgan fingerprint density at radius 1 is 1.12 bits per heavy atom. The predicted octanol–water partition coefficient (Wildman–Crippen LogP) is 4.77. The molecule has 3 aromatic rings. The standard InChI is InChI=1S/C18H15ClN2O3S/c1-10(2)24-17(23)12-5-8-14-15(9-12)25-18(20-14)21-16(22)11-3-6-13(19)7-4-11/h3-10H,1-2H3,(H,20,21,22). The maximum Gasteiger partial charge on any atom is 0.338 e. The van der Waals surface area contributed by atoms with E-state index in [2.05, 4.69) is 10.3 Å². The molecule has 1 aromatic heterocycles. The third-order valence-corrected chi connectivity index (χ3v) is 4.48. The maximum atomic E-state index is 12.2. The fraction of sp³-hybridized carbons (Fsp3) is 0.167. The van der Waals surface area contributed by atoms with E-state index < -0.39 is 0 Å². The van der Waals surface area contributed by atoms with Crippen molar-refractivity contribution in [3.05, 3.63) is 58.6 Å². The predicted molar refractivity (Wildman–Crippen MR) is 99.6 cm³/mol. The minimum absolute atomic E-state index is 0.182. The first-order valence-corrected chi connectivity index (χ1v) is 8.80. The van der Waals surface area contributed by atoms with Gasteiger partial charge in [0.15, 0.2) is 5.13 Å². The topological polar surface area (TPSA) is 68.3 Å². The minimum Gasteiger partial charge on any atom is -0.459 e. The molecule has 0 aliphatic carbocycles. The third-order valence-electron chi connectivity index (χ3n) is 3.29. The van der Waals surface area contributed by atoms with Crippen molar-refractivity contribution in [3.8, 4) is 0 Å². The molecule has 0 bridgehead atoms. The Morgan fingerprint density at radius 2 is 1.80 bits per heavy atom. The van der Waals surface area contributed by atoms with E-state index in [9.17, 15) is 9.59 Å². The summed E-state index contributed by atoms with van der Waals surface area (Å²) >= 11 is 7.12. The summed E-state index contributed by atoms with van der Waals surface area (Å²) in [5.41, 5.74) is 1.66. The van der Waals surface area contributed by atoms with Crippen LogP contribution in [0.5, 0.6) is 0 Å². The highest BCUT2D eigenvalue weighted by Gasteiger charge is 2.13. The number of amides is 1. The maximum absolute atomic E-state index is 12.2. The van der Waals surface area contributed by atoms with Crippen molar-refractivity contribution in [1.29, 1.82) is 0 Å². The number of thiazole rings is 1. The fourth-order valence-electron chi connectivity index (χ4n) is 2.16. The summed E-state index contributed by atoms with van der Waals surface area (Å²) in [5.74, 6) is -0.646. The summed E-state index contributed by atoms with van der Waals surface area (Å²) in [6.07, 6.45) is -0.182. The summed E-state index contributed by atoms with van der Waals surface area (Å²) in [5, 5.41) is 3.79. The number of carbonyl (C=O) groups is 2. The number of anilines is 1. The second kappa shape index (κ2) is 7.21. The summed E-state index contributed by atoms with van der Waals surface area (Å²) < 4.78 is 5.98. The highest BCUT2D eigenvalue weighted by molar-refractivity contribution is 7.22. The van der Waals surface area contributed by atoms with Gasteiger partial charge in [0, 0.05) is 10.6 Å². The van der Waals surface area contributed by atoms with Crippen LogP contribution < -0.4 is 5.32 Å². The number of esters is 1. The highest BCUT2D eigenvalue weighted by atomic mass is 35.5. The number of nitrogens with one attached hydrogen (secondary N) is 1. The molecule has 5 nitrogen and oxygen atoms in total. The average Bonchev–Trinajstić information content (AvgIpc) is 2.95. The lowest BCUT2D eigenvalue weighted by Gasteiger charge is -2.07. The van der Waals surface area contributed by atoms with Crippen LogP contribution in [-0.2, 0) is 4.74 Å². The number of aromatic nitrogens is 1. The Morgan fingerprint density at radius 3 is 2.48 bits per heavy atom. The van der Waals surface area contributed by atoms with Gasteiger partial charge in [-0.3, -0.25) is 10.1 Å². The van der Waals surface area contributed by atoms with Crippen LogP contribution in [0.4, 0.5) is 5.13 Å². The van der Waals surface area contributed by atoms with E-state index >= 15 is 0 Å². The second-order valence-electron chi connectivity index (χ2n) is 5.62. The van der Waals surface area contributed by atoms with Crippen molar-refractivity contribution in [3.63, 3.8) is 0 Å². The van der Waals surface area contributed by atoms with Crippen LogP contribution in [0, 0.1) is 0 Å². The van der Waals surface area contributed by atoms with Crippen molar-refractivity contribution in [1.82, 2.24) is 4.98 Å². The van der Waals surface area contributed by atoms with Crippen LogP contribution in [-0.4, -0.2) is 23.0 Å². The third kappa shape index (κ3) is 4.15. The molecule has 0 atom stereocenters. The van der Waals surface area contributed by atoms with Gasteiger partial charge in [0.1, 0.15) is 0 Å². The Kier molecular flexibility index (Phi) is 5.01. The number of hydrogen-bond donors (Lipinski definition) is 1. The lowest BCUT2D eigenvalue weighted by atomic mass is 10.2. The number of hydrogen-bond acceptors (Lipinski definition) is 5. The zero-order valence-electron chi connectivity index (χ0n) is 13.6. The zero-order valence-corrected chi connectivity index (χ0v) is 15.1. The molecule has 0 saturated heterocycles. The Labute approximate surface area is 153 Å². The Balaban J connectivity index is 1.80. The molecule has 3 rings (SSSR count). The van der Waals surface area contributed by atoms with Crippen LogP contribution >= 0.6 is 22.9 Å². The number of rotatable bonds is 4. The van der Waals surface area contributed by atoms with Gasteiger partial charge in [0.25, 0.3) is 5.91 Å². The molecule has 0 aliphatic rings. The highest BCUT2D eigenvalue weighted by Crippen LogP contribution is 2.27. The smallest absolute Gasteiger partial charge is 0.338 e. The summed E-state index contributed by atoms with van der Waals surface area (Å²) in [7, 11) is 0. The fourth-order valence-corrected chi connectivity index (χ4v) is 3.18. The first kappa shape index (κ1) is 17.4. The van der Waals surface area contributed by atoms with Gasteiger partial charge in [0.05, 0.1) is 21.9 Å². The van der Waals surface area contributed by atoms with Gasteiger partial charge < -0.3 is 4.74 Å². The molecule has 0 unspecified atom stereocenters. The van der Waals surface area contributed by atoms with E-state index in [-0.39, 0.29) is 18.0 Å². The van der Waals surface area contributed by atoms with E-state index in [0.29, 0.717) is 26.8 Å². The largest absolute Gasteiger partial charge is 0.459 e. The SMILES string of the molecule is CC(C)OC(=O)c1ccc2nc(NC(=O)c3ccc(Cl)cc3)sc2c1. The van der Waals surface area contributed by atoms with Crippen LogP contribution in [0.15, 0.2) is 42.5 Å². The molecule has 128 valence electrons. The summed E-state index contributed by atoms with van der Waals surface area (Å²) in [6, 6.07) is 11.7. The molecule has 0 spiro atoms. The van der Waals surface area contributed by atoms with Gasteiger partial charge in [-0.25, -0.2) is 9.78 Å². The van der Waals surface area contributed by atoms with E-state index in [1.54, 1.807) is 56.3 Å². The van der Waals surface area contributed by atoms with Crippen molar-refractivity contribution in [2.75, 3.05) is 5.32 Å². The number of nitrogens with zero attached hydrogens (tertiary/aromatic N) is 1. The second-order valence-corrected chi connectivity index (χ2v) is 7.08. The molecule has 25 heavy (non-hydrogen) atoms. The summed E-state index contributed by atoms with van der Waals surface area (Å²) in [4.78, 5) is 28.6. The van der Waals surface area contributed by atoms with E-state index in [4.69, 9.17) is 16.3 Å². The lowest BCUT2D eigenvalue weighted by molar-refractivity contribution is 0.0378. The van der Waals surface area contributed by atoms with Gasteiger partial charge in [-0.1, -0.05) is 22.9 Å². The first-order valence-electron chi connectivity index (χ1n) is 7.61. The molecule has 2 aromatic carbocycles. The molecule has 0 radical (unpaired) electrons. The van der Waals surface area contributed by atoms with Crippen LogP contribution in [0.25, 0.3) is 10.2 Å². The van der Waals surface area contributed by atoms with Crippen LogP contribution in [0.2, 0.25) is 5.02 Å². The average molecular weight is 375 g/mol. The normalized spacial score (nSPS) is 10.9. The monoisotopic (exact) mass is 374 g/mol. The number of carbonyl (C=O) groups excluding carboxylic acids is 2. The molecule has 7 heteroatoms. The van der Waals surface area contributed by atoms with E-state index in [1.807, 2.05) is 0 Å². The number of halogens is 1. The van der Waals surface area contributed by atoms with Gasteiger partial charge in [-0.05, 0) is 56.3 Å². The zero-order chi connectivity index (χ0) is 18.0. The van der Waals surface area contributed by atoms with E-state index in [0.717, 1.165) is 4.70 Å². The van der Waals surface area contributed by atoms with Gasteiger partial charge in [0.2, 0.25) is 0 Å². The number of benzene rings is 2. The minimum atomic E-state index is -0.378. The van der Waals surface area contributed by atoms with Crippen molar-refractivity contribution in [2.45, 2.75) is 20.0 Å². The van der Waals surface area contributed by atoms with E-state index in [1.165, 1.54) is 11.3 Å². The molecule has 0 saturated carbocycles. The van der Waals surface area contributed by atoms with Crippen molar-refractivity contribution < 1.29 is 14.3 Å². The molecule has 1 heterocycles. The molecule has 0 aliphatic heterocycles. The van der Waals surface area contributed by atoms with Crippen molar-refractivity contribution >= 4 is 50.2 Å². The number of fused-ring (bicyclic) bond motifs is 1. The van der Waals surface area contributed by atoms with Crippen LogP contribution in [0.1, 0.15) is 34.6 Å². The van der Waals surface area contributed by atoms with Gasteiger partial charge >= 0.3 is 5.97 Å². The first-order chi connectivity index (χ1) is 11.9. The number of ether oxygens (including phenoxy) is 1.